The molecule has 0 amide bonds. The van der Waals surface area contributed by atoms with Gasteiger partial charge in [-0.25, -0.2) is 0 Å². The molecule has 2 heterocycles. The number of aromatic nitrogens is 1. The molecule has 21 heavy (non-hydrogen) atoms. The Kier molecular flexibility index (Phi) is 3.11. The molecular weight excluding hydrogens is 260 g/mol. The van der Waals surface area contributed by atoms with Gasteiger partial charge in [-0.15, -0.1) is 0 Å². The molecule has 2 aromatic rings. The van der Waals surface area contributed by atoms with Gasteiger partial charge >= 0.3 is 0 Å². The molecule has 0 N–H and O–H groups in total. The monoisotopic (exact) mass is 282 g/mol. The van der Waals surface area contributed by atoms with Gasteiger partial charge in [-0.1, -0.05) is 12.1 Å². The first-order chi connectivity index (χ1) is 10.2. The molecule has 110 valence electrons. The minimum atomic E-state index is 0.176. The van der Waals surface area contributed by atoms with Gasteiger partial charge in [-0.05, 0) is 68.3 Å². The summed E-state index contributed by atoms with van der Waals surface area (Å²) in [5.74, 6) is 0.740. The van der Waals surface area contributed by atoms with Gasteiger partial charge in [0.1, 0.15) is 0 Å². The predicted octanol–water partition coefficient (Wildman–Crippen LogP) is 3.15. The smallest absolute Gasteiger partial charge is 0.258 e. The van der Waals surface area contributed by atoms with Crippen LogP contribution in [0.15, 0.2) is 35.3 Å². The first-order valence-electron chi connectivity index (χ1n) is 8.06. The van der Waals surface area contributed by atoms with Crippen molar-refractivity contribution in [1.29, 1.82) is 0 Å². The Morgan fingerprint density at radius 2 is 2.00 bits per heavy atom. The van der Waals surface area contributed by atoms with Crippen LogP contribution in [0.3, 0.4) is 0 Å². The number of fused-ring (bicyclic) bond motifs is 1. The van der Waals surface area contributed by atoms with Gasteiger partial charge in [0.05, 0.1) is 0 Å². The molecule has 3 nitrogen and oxygen atoms in total. The molecule has 1 atom stereocenters. The van der Waals surface area contributed by atoms with Crippen LogP contribution in [-0.2, 0) is 0 Å². The topological polar surface area (TPSA) is 25.2 Å². The quantitative estimate of drug-likeness (QED) is 0.845. The van der Waals surface area contributed by atoms with Crippen molar-refractivity contribution in [3.63, 3.8) is 0 Å². The summed E-state index contributed by atoms with van der Waals surface area (Å²) >= 11 is 0. The Morgan fingerprint density at radius 1 is 1.14 bits per heavy atom. The summed E-state index contributed by atoms with van der Waals surface area (Å²) in [6.45, 7) is 2.12. The van der Waals surface area contributed by atoms with Gasteiger partial charge in [0, 0.05) is 24.2 Å². The van der Waals surface area contributed by atoms with Crippen LogP contribution < -0.4 is 5.56 Å². The summed E-state index contributed by atoms with van der Waals surface area (Å²) in [6.07, 6.45) is 6.89. The van der Waals surface area contributed by atoms with E-state index >= 15 is 0 Å². The van der Waals surface area contributed by atoms with Gasteiger partial charge in [0.15, 0.2) is 0 Å². The third kappa shape index (κ3) is 2.40. The fourth-order valence-electron chi connectivity index (χ4n) is 3.61. The SMILES string of the molecule is CN1CCCC(n2ccc3cc(C4CC4)ccc3c2=O)C1. The first-order valence-corrected chi connectivity index (χ1v) is 8.06. The molecule has 0 radical (unpaired) electrons. The second kappa shape index (κ2) is 4.99. The summed E-state index contributed by atoms with van der Waals surface area (Å²) in [4.78, 5) is 15.1. The van der Waals surface area contributed by atoms with E-state index in [1.807, 2.05) is 16.8 Å². The van der Waals surface area contributed by atoms with Crippen LogP contribution in [0.2, 0.25) is 0 Å². The standard InChI is InChI=1S/C18H22N2O/c1-19-9-2-3-16(12-19)20-10-8-15-11-14(13-4-5-13)6-7-17(15)18(20)21/h6-8,10-11,13,16H,2-5,9,12H2,1H3. The molecule has 0 spiro atoms. The second-order valence-corrected chi connectivity index (χ2v) is 6.71. The molecule has 1 saturated heterocycles. The van der Waals surface area contributed by atoms with Gasteiger partial charge < -0.3 is 9.47 Å². The average molecular weight is 282 g/mol. The molecule has 1 unspecified atom stereocenters. The Balaban J connectivity index is 1.75. The van der Waals surface area contributed by atoms with Crippen molar-refractivity contribution in [2.75, 3.05) is 20.1 Å². The minimum absolute atomic E-state index is 0.176. The largest absolute Gasteiger partial charge is 0.311 e. The number of nitrogens with zero attached hydrogens (tertiary/aromatic N) is 2. The summed E-state index contributed by atoms with van der Waals surface area (Å²) in [5, 5.41) is 1.97. The number of likely N-dealkylation sites (tertiary alicyclic amines) is 1. The Hall–Kier alpha value is -1.61. The van der Waals surface area contributed by atoms with Crippen molar-refractivity contribution in [1.82, 2.24) is 9.47 Å². The van der Waals surface area contributed by atoms with Crippen molar-refractivity contribution < 1.29 is 0 Å². The van der Waals surface area contributed by atoms with E-state index in [0.29, 0.717) is 6.04 Å². The Morgan fingerprint density at radius 3 is 2.76 bits per heavy atom. The molecule has 4 rings (SSSR count). The van der Waals surface area contributed by atoms with Crippen LogP contribution >= 0.6 is 0 Å². The number of hydrogen-bond acceptors (Lipinski definition) is 2. The summed E-state index contributed by atoms with van der Waals surface area (Å²) in [5.41, 5.74) is 1.58. The van der Waals surface area contributed by atoms with Crippen LogP contribution in [0.25, 0.3) is 10.8 Å². The Bertz CT molecular complexity index is 730. The first kappa shape index (κ1) is 13.1. The number of piperidine rings is 1. The van der Waals surface area contributed by atoms with Crippen LogP contribution in [-0.4, -0.2) is 29.6 Å². The lowest BCUT2D eigenvalue weighted by molar-refractivity contribution is 0.210. The van der Waals surface area contributed by atoms with Crippen molar-refractivity contribution in [2.45, 2.75) is 37.6 Å². The zero-order chi connectivity index (χ0) is 14.4. The van der Waals surface area contributed by atoms with E-state index in [1.165, 1.54) is 24.8 Å². The van der Waals surface area contributed by atoms with Crippen LogP contribution in [0.5, 0.6) is 0 Å². The highest BCUT2D eigenvalue weighted by atomic mass is 16.1. The van der Waals surface area contributed by atoms with Crippen molar-refractivity contribution in [3.8, 4) is 0 Å². The number of pyridine rings is 1. The van der Waals surface area contributed by atoms with E-state index in [-0.39, 0.29) is 5.56 Å². The van der Waals surface area contributed by atoms with E-state index < -0.39 is 0 Å². The second-order valence-electron chi connectivity index (χ2n) is 6.71. The lowest BCUT2D eigenvalue weighted by Crippen LogP contribution is -2.37. The summed E-state index contributed by atoms with van der Waals surface area (Å²) in [7, 11) is 2.14. The maximum atomic E-state index is 12.8. The highest BCUT2D eigenvalue weighted by molar-refractivity contribution is 5.82. The molecule has 1 aromatic carbocycles. The van der Waals surface area contributed by atoms with Gasteiger partial charge in [0.2, 0.25) is 0 Å². The van der Waals surface area contributed by atoms with E-state index in [2.05, 4.69) is 30.1 Å². The lowest BCUT2D eigenvalue weighted by atomic mass is 10.0. The third-order valence-electron chi connectivity index (χ3n) is 5.00. The van der Waals surface area contributed by atoms with Crippen LogP contribution in [0.4, 0.5) is 0 Å². The molecule has 3 heteroatoms. The molecule has 1 aromatic heterocycles. The zero-order valence-electron chi connectivity index (χ0n) is 12.6. The number of rotatable bonds is 2. The third-order valence-corrected chi connectivity index (χ3v) is 5.00. The average Bonchev–Trinajstić information content (AvgIpc) is 3.32. The van der Waals surface area contributed by atoms with Crippen molar-refractivity contribution in [3.05, 3.63) is 46.4 Å². The van der Waals surface area contributed by atoms with Crippen molar-refractivity contribution in [2.24, 2.45) is 0 Å². The van der Waals surface area contributed by atoms with Gasteiger partial charge in [-0.2, -0.15) is 0 Å². The molecular formula is C18H22N2O. The fraction of sp³-hybridized carbons (Fsp3) is 0.500. The van der Waals surface area contributed by atoms with Crippen LogP contribution in [0.1, 0.15) is 43.2 Å². The maximum absolute atomic E-state index is 12.8. The maximum Gasteiger partial charge on any atom is 0.258 e. The van der Waals surface area contributed by atoms with E-state index in [9.17, 15) is 4.79 Å². The highest BCUT2D eigenvalue weighted by Crippen LogP contribution is 2.40. The molecule has 0 bridgehead atoms. The number of likely N-dealkylation sites (N-methyl/N-ethyl adjacent to an activating group) is 1. The van der Waals surface area contributed by atoms with Crippen molar-refractivity contribution >= 4 is 10.8 Å². The molecule has 1 saturated carbocycles. The summed E-state index contributed by atoms with van der Waals surface area (Å²) < 4.78 is 1.95. The molecule has 1 aliphatic carbocycles. The lowest BCUT2D eigenvalue weighted by Gasteiger charge is -2.31. The Labute approximate surface area is 125 Å². The molecule has 1 aliphatic heterocycles. The fourth-order valence-corrected chi connectivity index (χ4v) is 3.61. The summed E-state index contributed by atoms with van der Waals surface area (Å²) in [6, 6.07) is 8.85. The zero-order valence-corrected chi connectivity index (χ0v) is 12.6. The van der Waals surface area contributed by atoms with E-state index in [1.54, 1.807) is 0 Å². The van der Waals surface area contributed by atoms with Gasteiger partial charge in [0.25, 0.3) is 5.56 Å². The molecule has 2 aliphatic rings. The van der Waals surface area contributed by atoms with E-state index in [0.717, 1.165) is 36.2 Å². The number of benzene rings is 1. The van der Waals surface area contributed by atoms with E-state index in [4.69, 9.17) is 0 Å². The predicted molar refractivity (Wildman–Crippen MR) is 86.0 cm³/mol. The molecule has 2 fully saturated rings. The van der Waals surface area contributed by atoms with Gasteiger partial charge in [-0.3, -0.25) is 4.79 Å². The van der Waals surface area contributed by atoms with Crippen LogP contribution in [0, 0.1) is 0 Å². The highest BCUT2D eigenvalue weighted by Gasteiger charge is 2.24. The normalized spacial score (nSPS) is 23.6. The minimum Gasteiger partial charge on any atom is -0.311 e. The number of hydrogen-bond donors (Lipinski definition) is 0.